The van der Waals surface area contributed by atoms with Crippen LogP contribution in [0.4, 0.5) is 17.1 Å². The number of sulfonamides is 1. The van der Waals surface area contributed by atoms with E-state index in [2.05, 4.69) is 10.0 Å². The summed E-state index contributed by atoms with van der Waals surface area (Å²) < 4.78 is 27.5. The highest BCUT2D eigenvalue weighted by Gasteiger charge is 2.13. The van der Waals surface area contributed by atoms with Crippen molar-refractivity contribution >= 4 is 27.1 Å². The third-order valence-corrected chi connectivity index (χ3v) is 5.16. The van der Waals surface area contributed by atoms with Gasteiger partial charge >= 0.3 is 0 Å². The first-order valence-corrected chi connectivity index (χ1v) is 9.44. The van der Waals surface area contributed by atoms with E-state index in [1.165, 1.54) is 5.56 Å². The van der Waals surface area contributed by atoms with Crippen LogP contribution in [0.2, 0.25) is 0 Å². The first kappa shape index (κ1) is 17.0. The molecule has 25 heavy (non-hydrogen) atoms. The van der Waals surface area contributed by atoms with Crippen LogP contribution in [0.15, 0.2) is 77.7 Å². The summed E-state index contributed by atoms with van der Waals surface area (Å²) in [4.78, 5) is 0.259. The number of aryl methyl sites for hydroxylation is 2. The van der Waals surface area contributed by atoms with E-state index in [-0.39, 0.29) is 4.90 Å². The van der Waals surface area contributed by atoms with Crippen LogP contribution in [0.3, 0.4) is 0 Å². The maximum atomic E-state index is 12.4. The lowest BCUT2D eigenvalue weighted by Gasteiger charge is -2.10. The van der Waals surface area contributed by atoms with Crippen LogP contribution >= 0.6 is 0 Å². The van der Waals surface area contributed by atoms with Gasteiger partial charge in [0, 0.05) is 17.1 Å². The highest BCUT2D eigenvalue weighted by molar-refractivity contribution is 7.92. The Morgan fingerprint density at radius 2 is 1.24 bits per heavy atom. The van der Waals surface area contributed by atoms with Crippen molar-refractivity contribution in [3.05, 3.63) is 83.9 Å². The lowest BCUT2D eigenvalue weighted by molar-refractivity contribution is 0.601. The van der Waals surface area contributed by atoms with Gasteiger partial charge in [-0.2, -0.15) is 0 Å². The predicted octanol–water partition coefficient (Wildman–Crippen LogP) is 4.85. The minimum Gasteiger partial charge on any atom is -0.356 e. The van der Waals surface area contributed by atoms with E-state index < -0.39 is 10.0 Å². The maximum Gasteiger partial charge on any atom is 0.261 e. The average molecular weight is 352 g/mol. The second-order valence-corrected chi connectivity index (χ2v) is 7.67. The molecule has 0 aromatic heterocycles. The van der Waals surface area contributed by atoms with Crippen molar-refractivity contribution < 1.29 is 8.42 Å². The van der Waals surface area contributed by atoms with Crippen molar-refractivity contribution in [2.24, 2.45) is 0 Å². The van der Waals surface area contributed by atoms with Crippen molar-refractivity contribution in [3.63, 3.8) is 0 Å². The summed E-state index contributed by atoms with van der Waals surface area (Å²) in [5.74, 6) is 0. The molecule has 3 aromatic carbocycles. The quantitative estimate of drug-likeness (QED) is 0.690. The van der Waals surface area contributed by atoms with Crippen molar-refractivity contribution in [1.29, 1.82) is 0 Å². The number of benzene rings is 3. The minimum absolute atomic E-state index is 0.259. The molecular formula is C20H20N2O2S. The zero-order valence-electron chi connectivity index (χ0n) is 14.2. The smallest absolute Gasteiger partial charge is 0.261 e. The fourth-order valence-corrected chi connectivity index (χ4v) is 3.58. The van der Waals surface area contributed by atoms with Gasteiger partial charge < -0.3 is 5.32 Å². The zero-order chi connectivity index (χ0) is 17.9. The van der Waals surface area contributed by atoms with Gasteiger partial charge in [-0.1, -0.05) is 29.8 Å². The normalized spacial score (nSPS) is 11.1. The molecule has 5 heteroatoms. The number of hydrogen-bond acceptors (Lipinski definition) is 3. The second kappa shape index (κ2) is 6.99. The van der Waals surface area contributed by atoms with Crippen LogP contribution in [-0.4, -0.2) is 8.42 Å². The topological polar surface area (TPSA) is 58.2 Å². The first-order chi connectivity index (χ1) is 11.9. The van der Waals surface area contributed by atoms with E-state index in [0.29, 0.717) is 5.69 Å². The lowest BCUT2D eigenvalue weighted by atomic mass is 10.2. The highest BCUT2D eigenvalue weighted by Crippen LogP contribution is 2.21. The van der Waals surface area contributed by atoms with E-state index in [1.807, 2.05) is 56.3 Å². The Labute approximate surface area is 148 Å². The molecule has 0 atom stereocenters. The first-order valence-electron chi connectivity index (χ1n) is 7.96. The highest BCUT2D eigenvalue weighted by atomic mass is 32.2. The Morgan fingerprint density at radius 3 is 1.84 bits per heavy atom. The summed E-state index contributed by atoms with van der Waals surface area (Å²) in [6.45, 7) is 3.91. The maximum absolute atomic E-state index is 12.4. The molecule has 128 valence electrons. The van der Waals surface area contributed by atoms with E-state index in [0.717, 1.165) is 16.9 Å². The Balaban J connectivity index is 1.73. The molecule has 3 rings (SSSR count). The van der Waals surface area contributed by atoms with Gasteiger partial charge in [-0.25, -0.2) is 8.42 Å². The van der Waals surface area contributed by atoms with Gasteiger partial charge in [-0.15, -0.1) is 0 Å². The fraction of sp³-hybridized carbons (Fsp3) is 0.100. The Morgan fingerprint density at radius 1 is 0.680 bits per heavy atom. The molecule has 2 N–H and O–H groups in total. The Kier molecular flexibility index (Phi) is 4.76. The fourth-order valence-electron chi connectivity index (χ4n) is 2.42. The molecule has 0 fully saturated rings. The Bertz CT molecular complexity index is 963. The number of nitrogens with one attached hydrogen (secondary N) is 2. The van der Waals surface area contributed by atoms with Gasteiger partial charge in [0.2, 0.25) is 0 Å². The van der Waals surface area contributed by atoms with Crippen LogP contribution in [0.25, 0.3) is 0 Å². The molecule has 0 spiro atoms. The van der Waals surface area contributed by atoms with Crippen LogP contribution in [0.5, 0.6) is 0 Å². The standard InChI is InChI=1S/C20H20N2O2S/c1-15-6-8-17(9-7-15)21-18-10-12-19(13-11-18)22-25(23,24)20-5-3-4-16(2)14-20/h3-14,21-22H,1-2H3. The van der Waals surface area contributed by atoms with Gasteiger partial charge in [0.05, 0.1) is 4.90 Å². The molecule has 0 aliphatic heterocycles. The number of anilines is 3. The molecule has 0 bridgehead atoms. The monoisotopic (exact) mass is 352 g/mol. The van der Waals surface area contributed by atoms with Gasteiger partial charge in [0.25, 0.3) is 10.0 Å². The summed E-state index contributed by atoms with van der Waals surface area (Å²) in [7, 11) is -3.58. The van der Waals surface area contributed by atoms with Crippen molar-refractivity contribution in [2.45, 2.75) is 18.7 Å². The number of hydrogen-bond donors (Lipinski definition) is 2. The SMILES string of the molecule is Cc1ccc(Nc2ccc(NS(=O)(=O)c3cccc(C)c3)cc2)cc1. The third kappa shape index (κ3) is 4.39. The van der Waals surface area contributed by atoms with Crippen LogP contribution in [0.1, 0.15) is 11.1 Å². The zero-order valence-corrected chi connectivity index (χ0v) is 15.0. The van der Waals surface area contributed by atoms with E-state index in [9.17, 15) is 8.42 Å². The van der Waals surface area contributed by atoms with Gasteiger partial charge in [-0.3, -0.25) is 4.72 Å². The third-order valence-electron chi connectivity index (χ3n) is 3.78. The molecule has 0 heterocycles. The van der Waals surface area contributed by atoms with Crippen molar-refractivity contribution in [3.8, 4) is 0 Å². The van der Waals surface area contributed by atoms with E-state index in [4.69, 9.17) is 0 Å². The second-order valence-electron chi connectivity index (χ2n) is 5.99. The van der Waals surface area contributed by atoms with E-state index >= 15 is 0 Å². The molecule has 4 nitrogen and oxygen atoms in total. The van der Waals surface area contributed by atoms with Gasteiger partial charge in [0.1, 0.15) is 0 Å². The molecule has 0 saturated heterocycles. The molecule has 0 saturated carbocycles. The molecule has 0 aliphatic carbocycles. The van der Waals surface area contributed by atoms with Gasteiger partial charge in [-0.05, 0) is 67.9 Å². The number of rotatable bonds is 5. The molecule has 3 aromatic rings. The van der Waals surface area contributed by atoms with Gasteiger partial charge in [0.15, 0.2) is 0 Å². The summed E-state index contributed by atoms with van der Waals surface area (Å²) in [6.07, 6.45) is 0. The molecule has 0 radical (unpaired) electrons. The van der Waals surface area contributed by atoms with Crippen LogP contribution in [-0.2, 0) is 10.0 Å². The summed E-state index contributed by atoms with van der Waals surface area (Å²) in [6, 6.07) is 22.1. The van der Waals surface area contributed by atoms with Crippen LogP contribution in [0, 0.1) is 13.8 Å². The molecule has 0 amide bonds. The van der Waals surface area contributed by atoms with Crippen molar-refractivity contribution in [1.82, 2.24) is 0 Å². The van der Waals surface area contributed by atoms with Crippen LogP contribution < -0.4 is 10.0 Å². The lowest BCUT2D eigenvalue weighted by Crippen LogP contribution is -2.13. The Hall–Kier alpha value is -2.79. The van der Waals surface area contributed by atoms with E-state index in [1.54, 1.807) is 30.3 Å². The minimum atomic E-state index is -3.58. The molecule has 0 aliphatic rings. The molecule has 0 unspecified atom stereocenters. The largest absolute Gasteiger partial charge is 0.356 e. The average Bonchev–Trinajstić information content (AvgIpc) is 2.58. The summed E-state index contributed by atoms with van der Waals surface area (Å²) >= 11 is 0. The van der Waals surface area contributed by atoms with Crippen molar-refractivity contribution in [2.75, 3.05) is 10.0 Å². The predicted molar refractivity (Wildman–Crippen MR) is 103 cm³/mol. The molecular weight excluding hydrogens is 332 g/mol. The summed E-state index contributed by atoms with van der Waals surface area (Å²) in [5, 5.41) is 3.28. The summed E-state index contributed by atoms with van der Waals surface area (Å²) in [5.41, 5.74) is 4.50.